The molecule has 2 rings (SSSR count). The zero-order valence-electron chi connectivity index (χ0n) is 12.1. The lowest BCUT2D eigenvalue weighted by atomic mass is 10.2. The average molecular weight is 346 g/mol. The molecule has 0 saturated carbocycles. The number of halogens is 1. The standard InChI is InChI=1S/C13H15N3O4S.ClH/c1-3-20-13(19)10-7(2)9-11(14-5-4-8(17)18)15-6-16-12(9)21-10;/h6H,3-5H2,1-2H3,(H,17,18)(H,14,15,16);1H. The van der Waals surface area contributed by atoms with Gasteiger partial charge in [-0.15, -0.1) is 23.7 Å². The molecule has 0 aliphatic heterocycles. The molecule has 2 N–H and O–H groups in total. The number of aryl methyl sites for hydroxylation is 1. The third kappa shape index (κ3) is 3.83. The van der Waals surface area contributed by atoms with Crippen LogP contribution in [0.15, 0.2) is 6.33 Å². The number of carboxylic acids is 1. The van der Waals surface area contributed by atoms with Crippen molar-refractivity contribution in [3.63, 3.8) is 0 Å². The van der Waals surface area contributed by atoms with Crippen molar-refractivity contribution in [2.45, 2.75) is 20.3 Å². The molecule has 0 unspecified atom stereocenters. The van der Waals surface area contributed by atoms with Gasteiger partial charge in [-0.2, -0.15) is 0 Å². The third-order valence-corrected chi connectivity index (χ3v) is 4.00. The predicted octanol–water partition coefficient (Wildman–Crippen LogP) is 2.48. The van der Waals surface area contributed by atoms with Gasteiger partial charge in [0, 0.05) is 6.54 Å². The number of anilines is 1. The van der Waals surface area contributed by atoms with Crippen molar-refractivity contribution in [2.75, 3.05) is 18.5 Å². The average Bonchev–Trinajstić information content (AvgIpc) is 2.77. The van der Waals surface area contributed by atoms with E-state index in [-0.39, 0.29) is 31.3 Å². The molecule has 7 nitrogen and oxygen atoms in total. The number of nitrogens with one attached hydrogen (secondary N) is 1. The van der Waals surface area contributed by atoms with Crippen LogP contribution in [0.1, 0.15) is 28.6 Å². The van der Waals surface area contributed by atoms with Crippen LogP contribution in [0.4, 0.5) is 5.82 Å². The van der Waals surface area contributed by atoms with E-state index in [1.54, 1.807) is 13.8 Å². The molecule has 0 amide bonds. The van der Waals surface area contributed by atoms with E-state index in [2.05, 4.69) is 15.3 Å². The predicted molar refractivity (Wildman–Crippen MR) is 86.1 cm³/mol. The number of esters is 1. The van der Waals surface area contributed by atoms with Gasteiger partial charge >= 0.3 is 11.9 Å². The first-order chi connectivity index (χ1) is 10.0. The summed E-state index contributed by atoms with van der Waals surface area (Å²) in [6.07, 6.45) is 1.37. The highest BCUT2D eigenvalue weighted by atomic mass is 35.5. The minimum absolute atomic E-state index is 0. The lowest BCUT2D eigenvalue weighted by Crippen LogP contribution is -2.09. The minimum atomic E-state index is -0.887. The number of carboxylic acid groups (broad SMARTS) is 1. The lowest BCUT2D eigenvalue weighted by molar-refractivity contribution is -0.136. The first-order valence-electron chi connectivity index (χ1n) is 6.41. The quantitative estimate of drug-likeness (QED) is 0.775. The van der Waals surface area contributed by atoms with Gasteiger partial charge in [0.25, 0.3) is 0 Å². The normalized spacial score (nSPS) is 10.1. The zero-order valence-corrected chi connectivity index (χ0v) is 13.7. The molecular weight excluding hydrogens is 330 g/mol. The van der Waals surface area contributed by atoms with Crippen molar-refractivity contribution >= 4 is 51.7 Å². The fourth-order valence-electron chi connectivity index (χ4n) is 1.88. The molecule has 0 spiro atoms. The molecule has 0 radical (unpaired) electrons. The van der Waals surface area contributed by atoms with Crippen LogP contribution in [0, 0.1) is 6.92 Å². The van der Waals surface area contributed by atoms with Crippen molar-refractivity contribution in [1.29, 1.82) is 0 Å². The van der Waals surface area contributed by atoms with Gasteiger partial charge in [0.2, 0.25) is 0 Å². The number of nitrogens with zero attached hydrogens (tertiary/aromatic N) is 2. The van der Waals surface area contributed by atoms with Crippen molar-refractivity contribution < 1.29 is 19.4 Å². The number of aliphatic carboxylic acids is 1. The fourth-order valence-corrected chi connectivity index (χ4v) is 2.93. The minimum Gasteiger partial charge on any atom is -0.481 e. The Balaban J connectivity index is 0.00000242. The molecule has 2 aromatic rings. The maximum atomic E-state index is 11.9. The summed E-state index contributed by atoms with van der Waals surface area (Å²) >= 11 is 1.24. The Bertz CT molecular complexity index is 689. The smallest absolute Gasteiger partial charge is 0.348 e. The molecule has 22 heavy (non-hydrogen) atoms. The van der Waals surface area contributed by atoms with E-state index in [1.165, 1.54) is 17.7 Å². The Morgan fingerprint density at radius 2 is 2.14 bits per heavy atom. The van der Waals surface area contributed by atoms with Gasteiger partial charge < -0.3 is 15.2 Å². The van der Waals surface area contributed by atoms with Crippen molar-refractivity contribution in [1.82, 2.24) is 9.97 Å². The van der Waals surface area contributed by atoms with Crippen molar-refractivity contribution in [3.05, 3.63) is 16.8 Å². The van der Waals surface area contributed by atoms with E-state index >= 15 is 0 Å². The van der Waals surface area contributed by atoms with Crippen LogP contribution >= 0.6 is 23.7 Å². The van der Waals surface area contributed by atoms with Crippen molar-refractivity contribution in [3.8, 4) is 0 Å². The molecule has 0 fully saturated rings. The number of rotatable bonds is 6. The Morgan fingerprint density at radius 1 is 1.41 bits per heavy atom. The van der Waals surface area contributed by atoms with Gasteiger partial charge in [0.1, 0.15) is 21.9 Å². The summed E-state index contributed by atoms with van der Waals surface area (Å²) < 4.78 is 5.02. The Kier molecular flexibility index (Phi) is 6.51. The van der Waals surface area contributed by atoms with Gasteiger partial charge in [-0.3, -0.25) is 4.79 Å². The largest absolute Gasteiger partial charge is 0.481 e. The maximum absolute atomic E-state index is 11.9. The zero-order chi connectivity index (χ0) is 15.4. The highest BCUT2D eigenvalue weighted by molar-refractivity contribution is 7.20. The Labute approximate surface area is 137 Å². The number of carbonyl (C=O) groups excluding carboxylic acids is 1. The van der Waals surface area contributed by atoms with Crippen LogP contribution in [0.2, 0.25) is 0 Å². The summed E-state index contributed by atoms with van der Waals surface area (Å²) in [4.78, 5) is 31.9. The SMILES string of the molecule is CCOC(=O)c1sc2ncnc(NCCC(=O)O)c2c1C.Cl. The van der Waals surface area contributed by atoms with Crippen molar-refractivity contribution in [2.24, 2.45) is 0 Å². The number of hydrogen-bond acceptors (Lipinski definition) is 7. The van der Waals surface area contributed by atoms with Crippen LogP contribution < -0.4 is 5.32 Å². The van der Waals surface area contributed by atoms with E-state index in [4.69, 9.17) is 9.84 Å². The first kappa shape index (κ1) is 18.1. The molecule has 0 aromatic carbocycles. The molecule has 120 valence electrons. The fraction of sp³-hybridized carbons (Fsp3) is 0.385. The van der Waals surface area contributed by atoms with E-state index in [0.29, 0.717) is 22.1 Å². The highest BCUT2D eigenvalue weighted by Crippen LogP contribution is 2.33. The van der Waals surface area contributed by atoms with Gasteiger partial charge in [0.15, 0.2) is 0 Å². The van der Waals surface area contributed by atoms with Crippen LogP contribution in [-0.2, 0) is 9.53 Å². The second-order valence-corrected chi connectivity index (χ2v) is 5.25. The molecule has 0 aliphatic carbocycles. The number of thiophene rings is 1. The molecule has 2 aromatic heterocycles. The van der Waals surface area contributed by atoms with E-state index in [0.717, 1.165) is 10.9 Å². The molecule has 0 saturated heterocycles. The Hall–Kier alpha value is -1.93. The molecular formula is C13H16ClN3O4S. The van der Waals surface area contributed by atoms with Crippen LogP contribution in [0.5, 0.6) is 0 Å². The van der Waals surface area contributed by atoms with Crippen LogP contribution in [-0.4, -0.2) is 40.2 Å². The second kappa shape index (κ2) is 7.90. The summed E-state index contributed by atoms with van der Waals surface area (Å²) in [5.41, 5.74) is 0.742. The van der Waals surface area contributed by atoms with E-state index in [9.17, 15) is 9.59 Å². The summed E-state index contributed by atoms with van der Waals surface area (Å²) in [5, 5.41) is 12.4. The monoisotopic (exact) mass is 345 g/mol. The summed E-state index contributed by atoms with van der Waals surface area (Å²) in [5.74, 6) is -0.734. The topological polar surface area (TPSA) is 101 Å². The molecule has 2 heterocycles. The number of fused-ring (bicyclic) bond motifs is 1. The summed E-state index contributed by atoms with van der Waals surface area (Å²) in [6, 6.07) is 0. The number of hydrogen-bond donors (Lipinski definition) is 2. The first-order valence-corrected chi connectivity index (χ1v) is 7.23. The summed E-state index contributed by atoms with van der Waals surface area (Å²) in [7, 11) is 0. The van der Waals surface area contributed by atoms with Gasteiger partial charge in [-0.05, 0) is 19.4 Å². The van der Waals surface area contributed by atoms with E-state index < -0.39 is 5.97 Å². The molecule has 9 heteroatoms. The van der Waals surface area contributed by atoms with Crippen LogP contribution in [0.3, 0.4) is 0 Å². The second-order valence-electron chi connectivity index (χ2n) is 4.25. The lowest BCUT2D eigenvalue weighted by Gasteiger charge is -2.05. The van der Waals surface area contributed by atoms with Gasteiger partial charge in [0.05, 0.1) is 18.4 Å². The molecule has 0 bridgehead atoms. The molecule has 0 atom stereocenters. The van der Waals surface area contributed by atoms with E-state index in [1.807, 2.05) is 0 Å². The Morgan fingerprint density at radius 3 is 2.77 bits per heavy atom. The van der Waals surface area contributed by atoms with Crippen LogP contribution in [0.25, 0.3) is 10.2 Å². The third-order valence-electron chi connectivity index (χ3n) is 2.82. The molecule has 0 aliphatic rings. The maximum Gasteiger partial charge on any atom is 0.348 e. The highest BCUT2D eigenvalue weighted by Gasteiger charge is 2.20. The summed E-state index contributed by atoms with van der Waals surface area (Å²) in [6.45, 7) is 4.11. The number of aromatic nitrogens is 2. The number of ether oxygens (including phenoxy) is 1. The van der Waals surface area contributed by atoms with Gasteiger partial charge in [-0.25, -0.2) is 14.8 Å². The number of carbonyl (C=O) groups is 2. The van der Waals surface area contributed by atoms with Gasteiger partial charge in [-0.1, -0.05) is 0 Å².